The van der Waals surface area contributed by atoms with Gasteiger partial charge in [0.15, 0.2) is 0 Å². The number of rotatable bonds is 3. The summed E-state index contributed by atoms with van der Waals surface area (Å²) < 4.78 is 1.03. The average Bonchev–Trinajstić information content (AvgIpc) is 2.63. The van der Waals surface area contributed by atoms with Gasteiger partial charge in [0, 0.05) is 15.6 Å². The highest BCUT2D eigenvalue weighted by Gasteiger charge is 2.06. The second-order valence-corrected chi connectivity index (χ2v) is 6.43. The number of halogens is 2. The zero-order valence-electron chi connectivity index (χ0n) is 8.74. The van der Waals surface area contributed by atoms with Crippen molar-refractivity contribution in [1.29, 1.82) is 0 Å². The highest BCUT2D eigenvalue weighted by Crippen LogP contribution is 2.23. The van der Waals surface area contributed by atoms with Crippen molar-refractivity contribution in [3.63, 3.8) is 0 Å². The maximum absolute atomic E-state index is 11.7. The molecule has 2 aromatic rings. The van der Waals surface area contributed by atoms with Crippen LogP contribution in [-0.2, 0) is 11.2 Å². The lowest BCUT2D eigenvalue weighted by atomic mass is 10.3. The van der Waals surface area contributed by atoms with Crippen molar-refractivity contribution in [3.8, 4) is 0 Å². The van der Waals surface area contributed by atoms with Gasteiger partial charge in [0.1, 0.15) is 0 Å². The van der Waals surface area contributed by atoms with Crippen LogP contribution >= 0.6 is 38.9 Å². The molecule has 0 saturated carbocycles. The molecule has 0 aliphatic rings. The molecule has 5 heteroatoms. The standard InChI is InChI=1S/C12H9BrClNOS/c13-11-5-4-10(17-11)7-12(16)15-9-3-1-2-8(14)6-9/h1-6H,7H2,(H,15,16). The molecule has 88 valence electrons. The Hall–Kier alpha value is -0.840. The van der Waals surface area contributed by atoms with Crippen molar-refractivity contribution in [1.82, 2.24) is 0 Å². The molecule has 0 aliphatic heterocycles. The molecule has 17 heavy (non-hydrogen) atoms. The van der Waals surface area contributed by atoms with E-state index in [0.717, 1.165) is 14.4 Å². The van der Waals surface area contributed by atoms with E-state index in [1.54, 1.807) is 29.5 Å². The number of benzene rings is 1. The van der Waals surface area contributed by atoms with Gasteiger partial charge >= 0.3 is 0 Å². The fraction of sp³-hybridized carbons (Fsp3) is 0.0833. The third-order valence-corrected chi connectivity index (χ3v) is 3.93. The number of hydrogen-bond donors (Lipinski definition) is 1. The first-order valence-corrected chi connectivity index (χ1v) is 6.92. The summed E-state index contributed by atoms with van der Waals surface area (Å²) >= 11 is 10.8. The minimum atomic E-state index is -0.0402. The molecule has 1 amide bonds. The van der Waals surface area contributed by atoms with E-state index < -0.39 is 0 Å². The molecule has 1 N–H and O–H groups in total. The van der Waals surface area contributed by atoms with Crippen LogP contribution in [0.2, 0.25) is 5.02 Å². The van der Waals surface area contributed by atoms with Gasteiger partial charge in [-0.3, -0.25) is 4.79 Å². The van der Waals surface area contributed by atoms with Crippen LogP contribution in [0.5, 0.6) is 0 Å². The summed E-state index contributed by atoms with van der Waals surface area (Å²) in [5.41, 5.74) is 0.720. The molecule has 0 spiro atoms. The number of thiophene rings is 1. The lowest BCUT2D eigenvalue weighted by molar-refractivity contribution is -0.115. The molecule has 0 fully saturated rings. The molecular formula is C12H9BrClNOS. The van der Waals surface area contributed by atoms with E-state index in [9.17, 15) is 4.79 Å². The Kier molecular flexibility index (Phi) is 4.20. The lowest BCUT2D eigenvalue weighted by Crippen LogP contribution is -2.13. The number of carbonyl (C=O) groups excluding carboxylic acids is 1. The molecule has 1 aromatic carbocycles. The molecule has 0 saturated heterocycles. The molecule has 1 heterocycles. The summed E-state index contributed by atoms with van der Waals surface area (Å²) in [4.78, 5) is 12.8. The van der Waals surface area contributed by atoms with Crippen molar-refractivity contribution in [2.45, 2.75) is 6.42 Å². The van der Waals surface area contributed by atoms with Gasteiger partial charge in [-0.15, -0.1) is 11.3 Å². The third-order valence-electron chi connectivity index (χ3n) is 2.07. The van der Waals surface area contributed by atoms with Gasteiger partial charge in [-0.1, -0.05) is 17.7 Å². The molecule has 0 bridgehead atoms. The van der Waals surface area contributed by atoms with E-state index in [0.29, 0.717) is 11.4 Å². The van der Waals surface area contributed by atoms with Crippen LogP contribution in [0.1, 0.15) is 4.88 Å². The fourth-order valence-electron chi connectivity index (χ4n) is 1.38. The minimum absolute atomic E-state index is 0.0402. The van der Waals surface area contributed by atoms with Crippen molar-refractivity contribution in [3.05, 3.63) is 50.1 Å². The van der Waals surface area contributed by atoms with Crippen LogP contribution in [0.25, 0.3) is 0 Å². The fourth-order valence-corrected chi connectivity index (χ4v) is 3.05. The average molecular weight is 331 g/mol. The summed E-state index contributed by atoms with van der Waals surface area (Å²) in [7, 11) is 0. The van der Waals surface area contributed by atoms with Crippen molar-refractivity contribution in [2.24, 2.45) is 0 Å². The normalized spacial score (nSPS) is 10.2. The second-order valence-electron chi connectivity index (χ2n) is 3.44. The number of hydrogen-bond acceptors (Lipinski definition) is 2. The number of carbonyl (C=O) groups is 1. The van der Waals surface area contributed by atoms with Crippen LogP contribution in [0.4, 0.5) is 5.69 Å². The maximum atomic E-state index is 11.7. The van der Waals surface area contributed by atoms with Crippen LogP contribution in [0.15, 0.2) is 40.2 Å². The number of nitrogens with one attached hydrogen (secondary N) is 1. The Morgan fingerprint density at radius 3 is 2.82 bits per heavy atom. The van der Waals surface area contributed by atoms with Gasteiger partial charge < -0.3 is 5.32 Å². The van der Waals surface area contributed by atoms with Crippen molar-refractivity contribution < 1.29 is 4.79 Å². The van der Waals surface area contributed by atoms with Crippen LogP contribution in [-0.4, -0.2) is 5.91 Å². The predicted molar refractivity (Wildman–Crippen MR) is 75.8 cm³/mol. The Morgan fingerprint density at radius 1 is 1.35 bits per heavy atom. The van der Waals surface area contributed by atoms with Gasteiger partial charge in [0.05, 0.1) is 10.2 Å². The van der Waals surface area contributed by atoms with E-state index >= 15 is 0 Å². The van der Waals surface area contributed by atoms with Crippen LogP contribution in [0.3, 0.4) is 0 Å². The SMILES string of the molecule is O=C(Cc1ccc(Br)s1)Nc1cccc(Cl)c1. The Morgan fingerprint density at radius 2 is 2.18 bits per heavy atom. The highest BCUT2D eigenvalue weighted by atomic mass is 79.9. The van der Waals surface area contributed by atoms with Gasteiger partial charge in [0.25, 0.3) is 0 Å². The van der Waals surface area contributed by atoms with E-state index in [2.05, 4.69) is 21.2 Å². The Balaban J connectivity index is 1.98. The Labute approximate surface area is 117 Å². The maximum Gasteiger partial charge on any atom is 0.229 e. The van der Waals surface area contributed by atoms with Crippen LogP contribution in [0, 0.1) is 0 Å². The molecule has 0 radical (unpaired) electrons. The second kappa shape index (κ2) is 5.67. The zero-order valence-corrected chi connectivity index (χ0v) is 11.9. The quantitative estimate of drug-likeness (QED) is 0.891. The summed E-state index contributed by atoms with van der Waals surface area (Å²) in [6, 6.07) is 11.0. The van der Waals surface area contributed by atoms with E-state index in [1.807, 2.05) is 18.2 Å². The molecular weight excluding hydrogens is 322 g/mol. The van der Waals surface area contributed by atoms with Crippen LogP contribution < -0.4 is 5.32 Å². The smallest absolute Gasteiger partial charge is 0.229 e. The monoisotopic (exact) mass is 329 g/mol. The lowest BCUT2D eigenvalue weighted by Gasteiger charge is -2.04. The summed E-state index contributed by atoms with van der Waals surface area (Å²) in [6.07, 6.45) is 0.378. The number of anilines is 1. The molecule has 1 aromatic heterocycles. The van der Waals surface area contributed by atoms with E-state index in [1.165, 1.54) is 0 Å². The largest absolute Gasteiger partial charge is 0.326 e. The first-order chi connectivity index (χ1) is 8.13. The summed E-state index contributed by atoms with van der Waals surface area (Å²) in [5.74, 6) is -0.0402. The molecule has 0 aliphatic carbocycles. The van der Waals surface area contributed by atoms with Gasteiger partial charge in [-0.05, 0) is 46.3 Å². The van der Waals surface area contributed by atoms with Gasteiger partial charge in [0.2, 0.25) is 5.91 Å². The molecule has 2 rings (SSSR count). The molecule has 0 atom stereocenters. The first-order valence-electron chi connectivity index (χ1n) is 4.93. The first kappa shape index (κ1) is 12.6. The summed E-state index contributed by atoms with van der Waals surface area (Å²) in [5, 5.41) is 3.42. The van der Waals surface area contributed by atoms with Gasteiger partial charge in [-0.25, -0.2) is 0 Å². The summed E-state index contributed by atoms with van der Waals surface area (Å²) in [6.45, 7) is 0. The molecule has 2 nitrogen and oxygen atoms in total. The van der Waals surface area contributed by atoms with Crippen molar-refractivity contribution >= 4 is 50.5 Å². The minimum Gasteiger partial charge on any atom is -0.326 e. The van der Waals surface area contributed by atoms with Crippen molar-refractivity contribution in [2.75, 3.05) is 5.32 Å². The highest BCUT2D eigenvalue weighted by molar-refractivity contribution is 9.11. The molecule has 0 unspecified atom stereocenters. The number of amides is 1. The predicted octanol–water partition coefficient (Wildman–Crippen LogP) is 4.35. The zero-order chi connectivity index (χ0) is 12.3. The Bertz CT molecular complexity index is 541. The third kappa shape index (κ3) is 3.84. The van der Waals surface area contributed by atoms with E-state index in [-0.39, 0.29) is 5.91 Å². The topological polar surface area (TPSA) is 29.1 Å². The van der Waals surface area contributed by atoms with E-state index in [4.69, 9.17) is 11.6 Å². The van der Waals surface area contributed by atoms with Gasteiger partial charge in [-0.2, -0.15) is 0 Å².